The Bertz CT molecular complexity index is 2000. The number of phenolic OH excluding ortho intramolecular Hbond substituents is 2. The average Bonchev–Trinajstić information content (AvgIpc) is 3.81. The van der Waals surface area contributed by atoms with E-state index < -0.39 is 65.5 Å². The smallest absolute Gasteiger partial charge is 0.352 e. The molecule has 3 aromatic rings. The molecule has 0 bridgehead atoms. The van der Waals surface area contributed by atoms with Crippen LogP contribution in [0.1, 0.15) is 44.0 Å². The molecule has 7 N–H and O–H groups in total. The van der Waals surface area contributed by atoms with Crippen molar-refractivity contribution in [1.82, 2.24) is 15.0 Å². The number of rotatable bonds is 14. The number of oxime groups is 1. The van der Waals surface area contributed by atoms with Gasteiger partial charge in [-0.3, -0.25) is 19.3 Å². The van der Waals surface area contributed by atoms with E-state index in [4.69, 9.17) is 20.2 Å². The number of carbonyl (C=O) groups is 5. The molecule has 1 aromatic carbocycles. The van der Waals surface area contributed by atoms with Crippen molar-refractivity contribution < 1.29 is 63.3 Å². The second-order valence-electron chi connectivity index (χ2n) is 12.6. The maximum Gasteiger partial charge on any atom is 0.352 e. The standard InChI is InChI=1S/C31H32N6O12S2/c1-13-16(10-37(4-2-3-5-37)11-17-14-6-19(38)20(39)8-22(14)48-34-17)26(30(46)47)36-27(43)15(28(36)51-13)7-21(40)25(18-12-50-31(32)33-18)35-49-23(29(44)45)9-24(41)42/h6,8,12-13,15,23,28H,2-5,7,9-11H2,1H3,(H6-,32,33,34,35,38,39,40,41,42,44,45,46,47)/p+1/t13-,15+,23-,28+/m0/s1. The van der Waals surface area contributed by atoms with E-state index >= 15 is 0 Å². The molecule has 51 heavy (non-hydrogen) atoms. The number of anilines is 1. The molecule has 3 aliphatic heterocycles. The maximum atomic E-state index is 13.7. The third kappa shape index (κ3) is 6.93. The van der Waals surface area contributed by atoms with E-state index in [0.717, 1.165) is 24.2 Å². The molecule has 3 aliphatic rings. The van der Waals surface area contributed by atoms with Gasteiger partial charge in [-0.15, -0.1) is 23.1 Å². The Morgan fingerprint density at radius 3 is 2.47 bits per heavy atom. The molecule has 20 heteroatoms. The van der Waals surface area contributed by atoms with Gasteiger partial charge in [-0.2, -0.15) is 0 Å². The first-order valence-electron chi connectivity index (χ1n) is 15.7. The molecular weight excluding hydrogens is 713 g/mol. The number of amides is 1. The van der Waals surface area contributed by atoms with Gasteiger partial charge in [0.15, 0.2) is 33.7 Å². The number of likely N-dealkylation sites (tertiary alicyclic amines) is 1. The average molecular weight is 746 g/mol. The molecule has 0 radical (unpaired) electrons. The molecular formula is C31H33N6O12S2+. The van der Waals surface area contributed by atoms with Gasteiger partial charge in [0.25, 0.3) is 0 Å². The van der Waals surface area contributed by atoms with E-state index in [0.29, 0.717) is 46.4 Å². The van der Waals surface area contributed by atoms with E-state index in [2.05, 4.69) is 15.3 Å². The van der Waals surface area contributed by atoms with E-state index in [1.807, 2.05) is 6.92 Å². The van der Waals surface area contributed by atoms with Crippen LogP contribution >= 0.6 is 23.1 Å². The summed E-state index contributed by atoms with van der Waals surface area (Å²) in [6.45, 7) is 3.87. The fourth-order valence-corrected chi connectivity index (χ4v) is 8.80. The number of quaternary nitrogens is 1. The Morgan fingerprint density at radius 1 is 1.14 bits per heavy atom. The van der Waals surface area contributed by atoms with Crippen molar-refractivity contribution >= 4 is 74.5 Å². The SMILES string of the molecule is C[C@@H]1S[C@@H]2[C@H](CC(=O)/C(=N\O[C@@H](CC(=O)O)C(=O)O)c3csc(N)n3)C(=O)N2C(C(=O)O)=C1C[N+]1(Cc2noc3cc(O)c(O)cc23)CCCC1. The van der Waals surface area contributed by atoms with Gasteiger partial charge in [0, 0.05) is 41.5 Å². The highest BCUT2D eigenvalue weighted by Crippen LogP contribution is 2.49. The van der Waals surface area contributed by atoms with Gasteiger partial charge in [-0.1, -0.05) is 10.3 Å². The highest BCUT2D eigenvalue weighted by molar-refractivity contribution is 8.00. The van der Waals surface area contributed by atoms with Crippen LogP contribution in [0.25, 0.3) is 11.0 Å². The number of nitrogens with two attached hydrogens (primary N) is 1. The third-order valence-corrected chi connectivity index (χ3v) is 11.4. The molecule has 0 aliphatic carbocycles. The van der Waals surface area contributed by atoms with Crippen LogP contribution < -0.4 is 5.73 Å². The fraction of sp³-hybridized carbons (Fsp3) is 0.419. The molecule has 4 atom stereocenters. The van der Waals surface area contributed by atoms with E-state index in [-0.39, 0.29) is 39.8 Å². The van der Waals surface area contributed by atoms with Crippen molar-refractivity contribution in [3.63, 3.8) is 0 Å². The number of ketones is 1. The second kappa shape index (κ2) is 13.8. The van der Waals surface area contributed by atoms with Crippen LogP contribution in [-0.2, 0) is 35.4 Å². The van der Waals surface area contributed by atoms with Gasteiger partial charge in [0.1, 0.15) is 30.2 Å². The number of carboxylic acid groups (broad SMARTS) is 3. The van der Waals surface area contributed by atoms with Crippen molar-refractivity contribution in [1.29, 1.82) is 0 Å². The predicted molar refractivity (Wildman–Crippen MR) is 178 cm³/mol. The quantitative estimate of drug-likeness (QED) is 0.0452. The van der Waals surface area contributed by atoms with Gasteiger partial charge >= 0.3 is 17.9 Å². The number of carbonyl (C=O) groups excluding carboxylic acids is 2. The molecule has 2 saturated heterocycles. The zero-order valence-electron chi connectivity index (χ0n) is 26.9. The summed E-state index contributed by atoms with van der Waals surface area (Å²) in [6, 6.07) is 2.65. The number of Topliss-reactive ketones (excluding diaryl/α,β-unsaturated/α-hetero) is 1. The molecule has 270 valence electrons. The summed E-state index contributed by atoms with van der Waals surface area (Å²) in [7, 11) is 0. The number of thioether (sulfide) groups is 1. The van der Waals surface area contributed by atoms with Crippen molar-refractivity contribution in [2.24, 2.45) is 11.1 Å². The summed E-state index contributed by atoms with van der Waals surface area (Å²) >= 11 is 2.30. The highest BCUT2D eigenvalue weighted by Gasteiger charge is 2.56. The maximum absolute atomic E-state index is 13.7. The zero-order chi connectivity index (χ0) is 36.8. The first-order valence-corrected chi connectivity index (χ1v) is 17.5. The van der Waals surface area contributed by atoms with Crippen molar-refractivity contribution in [3.05, 3.63) is 40.2 Å². The number of β-lactam (4-membered cyclic amide) rings is 1. The number of aromatic nitrogens is 2. The number of carboxylic acids is 3. The van der Waals surface area contributed by atoms with Crippen molar-refractivity contribution in [2.45, 2.75) is 55.9 Å². The Morgan fingerprint density at radius 2 is 1.84 bits per heavy atom. The number of hydrogen-bond acceptors (Lipinski definition) is 15. The topological polar surface area (TPSA) is 276 Å². The van der Waals surface area contributed by atoms with Crippen LogP contribution in [0.2, 0.25) is 0 Å². The summed E-state index contributed by atoms with van der Waals surface area (Å²) in [4.78, 5) is 72.9. The van der Waals surface area contributed by atoms with Gasteiger partial charge in [0.05, 0.1) is 36.2 Å². The first kappa shape index (κ1) is 35.6. The third-order valence-electron chi connectivity index (χ3n) is 9.22. The zero-order valence-corrected chi connectivity index (χ0v) is 28.6. The number of fused-ring (bicyclic) bond motifs is 2. The Balaban J connectivity index is 1.25. The number of nitrogen functional groups attached to an aromatic ring is 1. The molecule has 0 spiro atoms. The van der Waals surface area contributed by atoms with Gasteiger partial charge in [0.2, 0.25) is 12.0 Å². The number of phenols is 2. The summed E-state index contributed by atoms with van der Waals surface area (Å²) in [5.74, 6) is -7.39. The Hall–Kier alpha value is -5.21. The number of thiazole rings is 1. The van der Waals surface area contributed by atoms with Crippen LogP contribution in [0, 0.1) is 5.92 Å². The molecule has 0 saturated carbocycles. The predicted octanol–water partition coefficient (Wildman–Crippen LogP) is 1.95. The van der Waals surface area contributed by atoms with Crippen LogP contribution in [0.5, 0.6) is 11.5 Å². The molecule has 5 heterocycles. The number of benzene rings is 1. The van der Waals surface area contributed by atoms with Gasteiger partial charge in [-0.25, -0.2) is 14.6 Å². The Kier molecular flexibility index (Phi) is 9.66. The lowest BCUT2D eigenvalue weighted by Gasteiger charge is -2.51. The summed E-state index contributed by atoms with van der Waals surface area (Å²) in [5, 5.41) is 57.5. The van der Waals surface area contributed by atoms with Gasteiger partial charge < -0.3 is 45.1 Å². The number of aliphatic carboxylic acids is 3. The lowest BCUT2D eigenvalue weighted by atomic mass is 9.88. The number of aromatic hydroxyl groups is 2. The first-order chi connectivity index (χ1) is 24.2. The molecule has 2 fully saturated rings. The minimum Gasteiger partial charge on any atom is -0.504 e. The Labute approximate surface area is 296 Å². The van der Waals surface area contributed by atoms with Crippen molar-refractivity contribution in [2.75, 3.05) is 25.4 Å². The van der Waals surface area contributed by atoms with Crippen LogP contribution in [0.15, 0.2) is 38.5 Å². The van der Waals surface area contributed by atoms with Crippen LogP contribution in [0.4, 0.5) is 5.13 Å². The fourth-order valence-electron chi connectivity index (χ4n) is 6.75. The molecule has 0 unspecified atom stereocenters. The van der Waals surface area contributed by atoms with E-state index in [1.54, 1.807) is 0 Å². The summed E-state index contributed by atoms with van der Waals surface area (Å²) < 4.78 is 5.83. The lowest BCUT2D eigenvalue weighted by Crippen LogP contribution is -2.63. The normalized spacial score (nSPS) is 22.1. The van der Waals surface area contributed by atoms with Crippen LogP contribution in [0.3, 0.4) is 0 Å². The molecule has 6 rings (SSSR count). The lowest BCUT2D eigenvalue weighted by molar-refractivity contribution is -0.925. The minimum absolute atomic E-state index is 0.0600. The van der Waals surface area contributed by atoms with Gasteiger partial charge in [-0.05, 0) is 13.0 Å². The largest absolute Gasteiger partial charge is 0.504 e. The number of hydrogen-bond donors (Lipinski definition) is 6. The molecule has 18 nitrogen and oxygen atoms in total. The van der Waals surface area contributed by atoms with E-state index in [9.17, 15) is 44.4 Å². The number of nitrogens with zero attached hydrogens (tertiary/aromatic N) is 5. The molecule has 1 amide bonds. The molecule has 2 aromatic heterocycles. The summed E-state index contributed by atoms with van der Waals surface area (Å²) in [6.07, 6.45) is -1.56. The highest BCUT2D eigenvalue weighted by atomic mass is 32.2. The second-order valence-corrected chi connectivity index (χ2v) is 15.0. The van der Waals surface area contributed by atoms with Crippen LogP contribution in [-0.4, -0.2) is 117 Å². The summed E-state index contributed by atoms with van der Waals surface area (Å²) in [5.41, 5.74) is 6.42. The monoisotopic (exact) mass is 745 g/mol. The minimum atomic E-state index is -1.91. The van der Waals surface area contributed by atoms with E-state index in [1.165, 1.54) is 34.2 Å². The van der Waals surface area contributed by atoms with Crippen molar-refractivity contribution in [3.8, 4) is 11.5 Å².